The lowest BCUT2D eigenvalue weighted by Gasteiger charge is -2.14. The summed E-state index contributed by atoms with van der Waals surface area (Å²) in [6, 6.07) is 1.07. The summed E-state index contributed by atoms with van der Waals surface area (Å²) in [5.41, 5.74) is -3.54. The molecule has 3 nitrogen and oxygen atoms in total. The number of aromatic nitrogens is 2. The van der Waals surface area contributed by atoms with Crippen LogP contribution in [-0.4, -0.2) is 15.5 Å². The fourth-order valence-electron chi connectivity index (χ4n) is 2.29. The van der Waals surface area contributed by atoms with Crippen molar-refractivity contribution in [2.45, 2.75) is 23.7 Å². The first kappa shape index (κ1) is 16.0. The molecular formula is C13H8F6N2OS. The van der Waals surface area contributed by atoms with Crippen LogP contribution in [-0.2, 0) is 18.8 Å². The molecule has 1 aliphatic heterocycles. The van der Waals surface area contributed by atoms with Gasteiger partial charge in [-0.2, -0.15) is 26.3 Å². The Morgan fingerprint density at radius 2 is 1.57 bits per heavy atom. The topological polar surface area (TPSA) is 37.8 Å². The Morgan fingerprint density at radius 3 is 2.04 bits per heavy atom. The third kappa shape index (κ3) is 2.87. The van der Waals surface area contributed by atoms with E-state index in [4.69, 9.17) is 0 Å². The lowest BCUT2D eigenvalue weighted by atomic mass is 10.1. The van der Waals surface area contributed by atoms with Crippen LogP contribution in [0, 0.1) is 0 Å². The van der Waals surface area contributed by atoms with Crippen LogP contribution in [0.4, 0.5) is 26.3 Å². The normalized spacial score (nSPS) is 15.0. The number of fused-ring (bicyclic) bond motifs is 1. The Balaban J connectivity index is 2.21. The molecule has 0 radical (unpaired) electrons. The third-order valence-corrected chi connectivity index (χ3v) is 4.47. The SMILES string of the molecule is O=c1c2c([nH]n1-c1cc(C(F)(F)F)cc(C(F)(F)F)c1)CCS2. The third-order valence-electron chi connectivity index (χ3n) is 3.35. The van der Waals surface area contributed by atoms with Gasteiger partial charge < -0.3 is 0 Å². The van der Waals surface area contributed by atoms with Gasteiger partial charge >= 0.3 is 12.4 Å². The summed E-state index contributed by atoms with van der Waals surface area (Å²) in [4.78, 5) is 12.5. The van der Waals surface area contributed by atoms with E-state index in [-0.39, 0.29) is 6.07 Å². The van der Waals surface area contributed by atoms with Crippen LogP contribution in [0.5, 0.6) is 0 Å². The Labute approximate surface area is 129 Å². The second-order valence-corrected chi connectivity index (χ2v) is 6.03. The number of alkyl halides is 6. The van der Waals surface area contributed by atoms with Gasteiger partial charge in [0.2, 0.25) is 0 Å². The van der Waals surface area contributed by atoms with Crippen molar-refractivity contribution in [3.05, 3.63) is 45.4 Å². The number of H-pyrrole nitrogens is 1. The van der Waals surface area contributed by atoms with Gasteiger partial charge in [0.15, 0.2) is 0 Å². The summed E-state index contributed by atoms with van der Waals surface area (Å²) < 4.78 is 77.8. The lowest BCUT2D eigenvalue weighted by molar-refractivity contribution is -0.143. The highest BCUT2D eigenvalue weighted by molar-refractivity contribution is 7.99. The van der Waals surface area contributed by atoms with Crippen molar-refractivity contribution >= 4 is 11.8 Å². The maximum atomic E-state index is 12.8. The van der Waals surface area contributed by atoms with E-state index in [2.05, 4.69) is 5.10 Å². The van der Waals surface area contributed by atoms with Crippen LogP contribution in [0.2, 0.25) is 0 Å². The summed E-state index contributed by atoms with van der Waals surface area (Å²) in [7, 11) is 0. The lowest BCUT2D eigenvalue weighted by Crippen LogP contribution is -2.18. The smallest absolute Gasteiger partial charge is 0.294 e. The van der Waals surface area contributed by atoms with Crippen LogP contribution >= 0.6 is 11.8 Å². The molecular weight excluding hydrogens is 346 g/mol. The minimum Gasteiger partial charge on any atom is -0.294 e. The van der Waals surface area contributed by atoms with Gasteiger partial charge in [-0.3, -0.25) is 9.89 Å². The maximum absolute atomic E-state index is 12.8. The van der Waals surface area contributed by atoms with Gasteiger partial charge in [0.1, 0.15) is 0 Å². The van der Waals surface area contributed by atoms with E-state index >= 15 is 0 Å². The van der Waals surface area contributed by atoms with Crippen LogP contribution in [0.3, 0.4) is 0 Å². The Bertz CT molecular complexity index is 785. The van der Waals surface area contributed by atoms with Gasteiger partial charge in [-0.05, 0) is 24.6 Å². The first-order valence-electron chi connectivity index (χ1n) is 6.34. The molecule has 0 atom stereocenters. The number of hydrogen-bond acceptors (Lipinski definition) is 2. The van der Waals surface area contributed by atoms with Crippen molar-refractivity contribution in [1.29, 1.82) is 0 Å². The predicted molar refractivity (Wildman–Crippen MR) is 70.8 cm³/mol. The van der Waals surface area contributed by atoms with Crippen LogP contribution in [0.25, 0.3) is 5.69 Å². The molecule has 2 heterocycles. The molecule has 0 saturated heterocycles. The fraction of sp³-hybridized carbons (Fsp3) is 0.308. The molecule has 10 heteroatoms. The highest BCUT2D eigenvalue weighted by Crippen LogP contribution is 2.37. The number of aromatic amines is 1. The molecule has 1 N–H and O–H groups in total. The summed E-state index contributed by atoms with van der Waals surface area (Å²) in [6.45, 7) is 0. The zero-order chi connectivity index (χ0) is 17.0. The van der Waals surface area contributed by atoms with Crippen molar-refractivity contribution in [3.63, 3.8) is 0 Å². The predicted octanol–water partition coefficient (Wildman–Crippen LogP) is 3.85. The summed E-state index contributed by atoms with van der Waals surface area (Å²) in [5.74, 6) is 0.646. The van der Waals surface area contributed by atoms with E-state index in [0.717, 1.165) is 4.68 Å². The first-order valence-corrected chi connectivity index (χ1v) is 7.32. The van der Waals surface area contributed by atoms with E-state index in [1.54, 1.807) is 0 Å². The molecule has 0 saturated carbocycles. The summed E-state index contributed by atoms with van der Waals surface area (Å²) >= 11 is 1.22. The van der Waals surface area contributed by atoms with Crippen LogP contribution in [0.1, 0.15) is 16.8 Å². The summed E-state index contributed by atoms with van der Waals surface area (Å²) in [5, 5.41) is 2.58. The molecule has 0 amide bonds. The Hall–Kier alpha value is -1.84. The van der Waals surface area contributed by atoms with Gasteiger partial charge in [0, 0.05) is 5.75 Å². The van der Waals surface area contributed by atoms with E-state index in [1.807, 2.05) is 0 Å². The minimum absolute atomic E-state index is 0.0277. The maximum Gasteiger partial charge on any atom is 0.416 e. The molecule has 0 spiro atoms. The summed E-state index contributed by atoms with van der Waals surface area (Å²) in [6.07, 6.45) is -9.40. The molecule has 0 unspecified atom stereocenters. The minimum atomic E-state index is -4.95. The highest BCUT2D eigenvalue weighted by Gasteiger charge is 2.37. The Morgan fingerprint density at radius 1 is 1.00 bits per heavy atom. The van der Waals surface area contributed by atoms with Gasteiger partial charge in [0.05, 0.1) is 27.4 Å². The molecule has 0 bridgehead atoms. The van der Waals surface area contributed by atoms with E-state index in [1.165, 1.54) is 11.8 Å². The standard InChI is InChI=1S/C13H8F6N2OS/c14-12(15,16)6-3-7(13(17,18)19)5-8(4-6)21-11(22)10-9(20-21)1-2-23-10/h3-5,20H,1-2H2. The number of nitrogens with one attached hydrogen (secondary N) is 1. The second kappa shape index (κ2) is 5.08. The van der Waals surface area contributed by atoms with Crippen molar-refractivity contribution in [2.24, 2.45) is 0 Å². The van der Waals surface area contributed by atoms with Crippen molar-refractivity contribution in [3.8, 4) is 5.69 Å². The molecule has 0 aliphatic carbocycles. The molecule has 0 fully saturated rings. The van der Waals surface area contributed by atoms with E-state index in [0.29, 0.717) is 34.9 Å². The molecule has 3 rings (SSSR count). The number of benzene rings is 1. The number of thioether (sulfide) groups is 1. The number of aryl methyl sites for hydroxylation is 1. The Kier molecular flexibility index (Phi) is 3.54. The number of rotatable bonds is 1. The van der Waals surface area contributed by atoms with Crippen molar-refractivity contribution in [2.75, 3.05) is 5.75 Å². The molecule has 2 aromatic rings. The molecule has 124 valence electrons. The monoisotopic (exact) mass is 354 g/mol. The van der Waals surface area contributed by atoms with E-state index < -0.39 is 34.7 Å². The quantitative estimate of drug-likeness (QED) is 0.790. The molecule has 1 aromatic carbocycles. The van der Waals surface area contributed by atoms with Gasteiger partial charge in [-0.25, -0.2) is 4.68 Å². The first-order chi connectivity index (χ1) is 10.6. The fourth-order valence-corrected chi connectivity index (χ4v) is 3.34. The van der Waals surface area contributed by atoms with E-state index in [9.17, 15) is 31.1 Å². The second-order valence-electron chi connectivity index (χ2n) is 4.92. The molecule has 23 heavy (non-hydrogen) atoms. The average molecular weight is 354 g/mol. The molecule has 1 aromatic heterocycles. The van der Waals surface area contributed by atoms with Gasteiger partial charge in [-0.1, -0.05) is 0 Å². The highest BCUT2D eigenvalue weighted by atomic mass is 32.2. The van der Waals surface area contributed by atoms with Gasteiger partial charge in [-0.15, -0.1) is 11.8 Å². The van der Waals surface area contributed by atoms with Crippen molar-refractivity contribution < 1.29 is 26.3 Å². The molecule has 1 aliphatic rings. The largest absolute Gasteiger partial charge is 0.416 e. The van der Waals surface area contributed by atoms with Crippen LogP contribution in [0.15, 0.2) is 27.9 Å². The number of hydrogen-bond donors (Lipinski definition) is 1. The van der Waals surface area contributed by atoms with Crippen molar-refractivity contribution in [1.82, 2.24) is 9.78 Å². The number of nitrogens with zero attached hydrogens (tertiary/aromatic N) is 1. The van der Waals surface area contributed by atoms with Gasteiger partial charge in [0.25, 0.3) is 5.56 Å². The zero-order valence-electron chi connectivity index (χ0n) is 11.2. The average Bonchev–Trinajstić information content (AvgIpc) is 3.00. The number of halogens is 6. The van der Waals surface area contributed by atoms with Crippen LogP contribution < -0.4 is 5.56 Å². The zero-order valence-corrected chi connectivity index (χ0v) is 12.0.